The Labute approximate surface area is 127 Å². The molecular formula is C16H15N3OS. The number of ether oxygens (including phenoxy) is 1. The lowest BCUT2D eigenvalue weighted by molar-refractivity contribution is 0.397. The van der Waals surface area contributed by atoms with Gasteiger partial charge in [-0.1, -0.05) is 18.2 Å². The fourth-order valence-electron chi connectivity index (χ4n) is 2.03. The average molecular weight is 297 g/mol. The highest BCUT2D eigenvalue weighted by Crippen LogP contribution is 2.24. The van der Waals surface area contributed by atoms with E-state index in [0.29, 0.717) is 5.88 Å². The van der Waals surface area contributed by atoms with Crippen LogP contribution in [0.2, 0.25) is 0 Å². The highest BCUT2D eigenvalue weighted by Gasteiger charge is 2.06. The summed E-state index contributed by atoms with van der Waals surface area (Å²) in [7, 11) is 1.61. The number of pyridine rings is 1. The predicted molar refractivity (Wildman–Crippen MR) is 85.6 cm³/mol. The Balaban J connectivity index is 1.78. The third-order valence-electron chi connectivity index (χ3n) is 3.10. The molecule has 0 aliphatic rings. The fraction of sp³-hybridized carbons (Fsp3) is 0.125. The highest BCUT2D eigenvalue weighted by atomic mass is 32.1. The lowest BCUT2D eigenvalue weighted by Gasteiger charge is -2.00. The Kier molecular flexibility index (Phi) is 3.83. The number of rotatable bonds is 4. The van der Waals surface area contributed by atoms with E-state index in [1.54, 1.807) is 18.4 Å². The fourth-order valence-corrected chi connectivity index (χ4v) is 2.87. The van der Waals surface area contributed by atoms with Gasteiger partial charge in [0.1, 0.15) is 0 Å². The van der Waals surface area contributed by atoms with E-state index in [1.165, 1.54) is 0 Å². The number of nitrogens with two attached hydrogens (primary N) is 1. The van der Waals surface area contributed by atoms with Gasteiger partial charge in [0.25, 0.3) is 0 Å². The summed E-state index contributed by atoms with van der Waals surface area (Å²) < 4.78 is 5.06. The van der Waals surface area contributed by atoms with Crippen molar-refractivity contribution >= 4 is 17.0 Å². The topological polar surface area (TPSA) is 61.0 Å². The summed E-state index contributed by atoms with van der Waals surface area (Å²) >= 11 is 1.64. The van der Waals surface area contributed by atoms with Crippen molar-refractivity contribution in [2.24, 2.45) is 0 Å². The summed E-state index contributed by atoms with van der Waals surface area (Å²) in [4.78, 5) is 8.87. The first kappa shape index (κ1) is 13.6. The van der Waals surface area contributed by atoms with Crippen LogP contribution >= 0.6 is 11.3 Å². The normalized spacial score (nSPS) is 10.5. The van der Waals surface area contributed by atoms with Crippen molar-refractivity contribution in [2.45, 2.75) is 6.42 Å². The minimum absolute atomic E-state index is 0.623. The van der Waals surface area contributed by atoms with Gasteiger partial charge in [-0.05, 0) is 17.7 Å². The first-order chi connectivity index (χ1) is 10.2. The molecule has 0 saturated heterocycles. The maximum absolute atomic E-state index is 5.81. The van der Waals surface area contributed by atoms with Gasteiger partial charge in [0, 0.05) is 35.3 Å². The number of hydrogen-bond acceptors (Lipinski definition) is 5. The molecule has 2 aromatic heterocycles. The van der Waals surface area contributed by atoms with Crippen LogP contribution in [0, 0.1) is 0 Å². The molecule has 0 aliphatic carbocycles. The second kappa shape index (κ2) is 5.93. The molecule has 3 rings (SSSR count). The molecule has 2 N–H and O–H groups in total. The maximum Gasteiger partial charge on any atom is 0.212 e. The van der Waals surface area contributed by atoms with E-state index >= 15 is 0 Å². The number of hydrogen-bond donors (Lipinski definition) is 1. The monoisotopic (exact) mass is 297 g/mol. The first-order valence-electron chi connectivity index (χ1n) is 6.54. The molecule has 0 fully saturated rings. The molecule has 3 aromatic rings. The minimum Gasteiger partial charge on any atom is -0.481 e. The van der Waals surface area contributed by atoms with Gasteiger partial charge >= 0.3 is 0 Å². The van der Waals surface area contributed by atoms with Crippen LogP contribution in [0.5, 0.6) is 5.88 Å². The van der Waals surface area contributed by atoms with Crippen LogP contribution in [-0.2, 0) is 6.42 Å². The Bertz CT molecular complexity index is 737. The van der Waals surface area contributed by atoms with Gasteiger partial charge < -0.3 is 10.5 Å². The van der Waals surface area contributed by atoms with E-state index in [2.05, 4.69) is 15.3 Å². The summed E-state index contributed by atoms with van der Waals surface area (Å²) in [5.41, 5.74) is 9.68. The number of nitrogen functional groups attached to an aromatic ring is 1. The van der Waals surface area contributed by atoms with Gasteiger partial charge in [-0.25, -0.2) is 9.97 Å². The van der Waals surface area contributed by atoms with E-state index < -0.39 is 0 Å². The van der Waals surface area contributed by atoms with Crippen molar-refractivity contribution in [1.29, 1.82) is 0 Å². The Morgan fingerprint density at radius 2 is 2.14 bits per heavy atom. The Morgan fingerprint density at radius 3 is 2.86 bits per heavy atom. The third-order valence-corrected chi connectivity index (χ3v) is 3.95. The van der Waals surface area contributed by atoms with Crippen LogP contribution in [-0.4, -0.2) is 17.1 Å². The standard InChI is InChI=1S/C16H15N3OS/c1-20-15-6-5-11(9-18-15)7-16-19-14(10-21-16)12-3-2-4-13(17)8-12/h2-6,8-10H,7,17H2,1H3. The van der Waals surface area contributed by atoms with Crippen molar-refractivity contribution in [2.75, 3.05) is 12.8 Å². The highest BCUT2D eigenvalue weighted by molar-refractivity contribution is 7.10. The van der Waals surface area contributed by atoms with Crippen molar-refractivity contribution < 1.29 is 4.74 Å². The minimum atomic E-state index is 0.623. The largest absolute Gasteiger partial charge is 0.481 e. The molecule has 0 radical (unpaired) electrons. The molecule has 0 saturated carbocycles. The number of thiazole rings is 1. The van der Waals surface area contributed by atoms with Crippen molar-refractivity contribution in [3.8, 4) is 17.1 Å². The molecular weight excluding hydrogens is 282 g/mol. The van der Waals surface area contributed by atoms with E-state index in [-0.39, 0.29) is 0 Å². The molecule has 21 heavy (non-hydrogen) atoms. The Hall–Kier alpha value is -2.40. The van der Waals surface area contributed by atoms with Crippen LogP contribution < -0.4 is 10.5 Å². The zero-order valence-electron chi connectivity index (χ0n) is 11.6. The molecule has 1 aromatic carbocycles. The van der Waals surface area contributed by atoms with Gasteiger partial charge in [-0.3, -0.25) is 0 Å². The number of benzene rings is 1. The summed E-state index contributed by atoms with van der Waals surface area (Å²) in [6.45, 7) is 0. The van der Waals surface area contributed by atoms with Crippen molar-refractivity contribution in [3.05, 3.63) is 58.5 Å². The molecule has 0 atom stereocenters. The molecule has 0 amide bonds. The quantitative estimate of drug-likeness (QED) is 0.750. The van der Waals surface area contributed by atoms with Gasteiger partial charge in [0.05, 0.1) is 17.8 Å². The number of aromatic nitrogens is 2. The van der Waals surface area contributed by atoms with Gasteiger partial charge in [0.2, 0.25) is 5.88 Å². The van der Waals surface area contributed by atoms with Crippen LogP contribution in [0.4, 0.5) is 5.69 Å². The molecule has 0 spiro atoms. The van der Waals surface area contributed by atoms with E-state index in [4.69, 9.17) is 10.5 Å². The first-order valence-corrected chi connectivity index (χ1v) is 7.42. The lowest BCUT2D eigenvalue weighted by Crippen LogP contribution is -1.91. The molecule has 5 heteroatoms. The van der Waals surface area contributed by atoms with Gasteiger partial charge in [-0.2, -0.15) is 0 Å². The number of nitrogens with zero attached hydrogens (tertiary/aromatic N) is 2. The second-order valence-electron chi connectivity index (χ2n) is 4.64. The molecule has 0 bridgehead atoms. The average Bonchev–Trinajstić information content (AvgIpc) is 2.97. The smallest absolute Gasteiger partial charge is 0.212 e. The summed E-state index contributed by atoms with van der Waals surface area (Å²) in [6, 6.07) is 11.6. The van der Waals surface area contributed by atoms with Crippen LogP contribution in [0.3, 0.4) is 0 Å². The zero-order valence-corrected chi connectivity index (χ0v) is 12.4. The third kappa shape index (κ3) is 3.20. The molecule has 0 aliphatic heterocycles. The van der Waals surface area contributed by atoms with Crippen molar-refractivity contribution in [1.82, 2.24) is 9.97 Å². The summed E-state index contributed by atoms with van der Waals surface area (Å²) in [6.07, 6.45) is 2.59. The van der Waals surface area contributed by atoms with Crippen LogP contribution in [0.25, 0.3) is 11.3 Å². The lowest BCUT2D eigenvalue weighted by atomic mass is 10.1. The summed E-state index contributed by atoms with van der Waals surface area (Å²) in [5.74, 6) is 0.623. The molecule has 2 heterocycles. The molecule has 0 unspecified atom stereocenters. The predicted octanol–water partition coefficient (Wildman–Crippen LogP) is 3.39. The van der Waals surface area contributed by atoms with Gasteiger partial charge in [-0.15, -0.1) is 11.3 Å². The van der Waals surface area contributed by atoms with Crippen LogP contribution in [0.15, 0.2) is 48.0 Å². The number of anilines is 1. The van der Waals surface area contributed by atoms with E-state index in [9.17, 15) is 0 Å². The number of methoxy groups -OCH3 is 1. The second-order valence-corrected chi connectivity index (χ2v) is 5.58. The van der Waals surface area contributed by atoms with Crippen LogP contribution in [0.1, 0.15) is 10.6 Å². The van der Waals surface area contributed by atoms with Crippen molar-refractivity contribution in [3.63, 3.8) is 0 Å². The van der Waals surface area contributed by atoms with E-state index in [0.717, 1.165) is 33.9 Å². The molecule has 106 valence electrons. The molecule has 4 nitrogen and oxygen atoms in total. The SMILES string of the molecule is COc1ccc(Cc2nc(-c3cccc(N)c3)cs2)cn1. The zero-order chi connectivity index (χ0) is 14.7. The summed E-state index contributed by atoms with van der Waals surface area (Å²) in [5, 5.41) is 3.11. The maximum atomic E-state index is 5.81. The van der Waals surface area contributed by atoms with Gasteiger partial charge in [0.15, 0.2) is 0 Å². The Morgan fingerprint density at radius 1 is 1.24 bits per heavy atom. The van der Waals surface area contributed by atoms with E-state index in [1.807, 2.05) is 42.6 Å².